The molecule has 2 atom stereocenters. The van der Waals surface area contributed by atoms with Crippen LogP contribution in [0.1, 0.15) is 50.8 Å². The summed E-state index contributed by atoms with van der Waals surface area (Å²) in [6, 6.07) is 12.3. The summed E-state index contributed by atoms with van der Waals surface area (Å²) >= 11 is 0. The number of phenolic OH excluding ortho intramolecular Hbond substituents is 1. The van der Waals surface area contributed by atoms with Crippen LogP contribution in [0.15, 0.2) is 48.5 Å². The molecule has 0 saturated carbocycles. The number of primary amides is 1. The third-order valence-corrected chi connectivity index (χ3v) is 5.16. The van der Waals surface area contributed by atoms with Crippen molar-refractivity contribution >= 4 is 29.5 Å². The predicted octanol–water partition coefficient (Wildman–Crippen LogP) is 2.96. The maximum atomic E-state index is 13.6. The van der Waals surface area contributed by atoms with Gasteiger partial charge in [0.05, 0.1) is 0 Å². The Labute approximate surface area is 216 Å². The molecule has 2 aromatic carbocycles. The highest BCUT2D eigenvalue weighted by Gasteiger charge is 2.36. The van der Waals surface area contributed by atoms with Gasteiger partial charge in [0.1, 0.15) is 23.4 Å². The minimum Gasteiger partial charge on any atom is -0.508 e. The molecular formula is C27H32N4O6. The molecule has 196 valence electrons. The Morgan fingerprint density at radius 3 is 2.27 bits per heavy atom. The average molecular weight is 509 g/mol. The fourth-order valence-electron chi connectivity index (χ4n) is 3.42. The second kappa shape index (κ2) is 12.4. The topological polar surface area (TPSA) is 151 Å². The molecule has 0 aromatic heterocycles. The summed E-state index contributed by atoms with van der Waals surface area (Å²) in [6.07, 6.45) is 4.41. The van der Waals surface area contributed by atoms with Crippen molar-refractivity contribution in [3.05, 3.63) is 59.7 Å². The van der Waals surface area contributed by atoms with Crippen molar-refractivity contribution in [2.24, 2.45) is 5.73 Å². The first-order valence-corrected chi connectivity index (χ1v) is 11.5. The molecule has 10 heteroatoms. The third kappa shape index (κ3) is 8.58. The monoisotopic (exact) mass is 508 g/mol. The number of hydrogen-bond donors (Lipinski definition) is 4. The van der Waals surface area contributed by atoms with Gasteiger partial charge in [-0.2, -0.15) is 0 Å². The van der Waals surface area contributed by atoms with Gasteiger partial charge in [0.2, 0.25) is 5.91 Å². The molecule has 0 heterocycles. The van der Waals surface area contributed by atoms with E-state index in [9.17, 15) is 24.3 Å². The van der Waals surface area contributed by atoms with Gasteiger partial charge in [-0.05, 0) is 63.4 Å². The zero-order valence-electron chi connectivity index (χ0n) is 21.3. The van der Waals surface area contributed by atoms with Crippen LogP contribution in [-0.2, 0) is 19.1 Å². The van der Waals surface area contributed by atoms with Gasteiger partial charge in [-0.1, -0.05) is 36.8 Å². The normalized spacial score (nSPS) is 12.4. The largest absolute Gasteiger partial charge is 0.508 e. The number of rotatable bonds is 9. The number of hydrogen-bond acceptors (Lipinski definition) is 6. The Bertz CT molecular complexity index is 1180. The van der Waals surface area contributed by atoms with Gasteiger partial charge in [-0.15, -0.1) is 0 Å². The van der Waals surface area contributed by atoms with E-state index in [0.29, 0.717) is 11.3 Å². The fraction of sp³-hybridized carbons (Fsp3) is 0.333. The summed E-state index contributed by atoms with van der Waals surface area (Å²) in [5.74, 6) is -2.19. The van der Waals surface area contributed by atoms with E-state index in [1.165, 1.54) is 24.3 Å². The van der Waals surface area contributed by atoms with E-state index in [1.807, 2.05) is 6.07 Å². The van der Waals surface area contributed by atoms with Crippen molar-refractivity contribution < 1.29 is 29.0 Å². The lowest BCUT2D eigenvalue weighted by molar-refractivity contribution is -0.137. The molecule has 0 fully saturated rings. The van der Waals surface area contributed by atoms with Crippen molar-refractivity contribution in [2.45, 2.75) is 58.2 Å². The number of benzene rings is 2. The smallest absolute Gasteiger partial charge is 0.408 e. The lowest BCUT2D eigenvalue weighted by Crippen LogP contribution is -2.51. The molecule has 2 unspecified atom stereocenters. The van der Waals surface area contributed by atoms with Crippen LogP contribution in [0, 0.1) is 19.4 Å². The maximum absolute atomic E-state index is 13.6. The van der Waals surface area contributed by atoms with E-state index in [0.717, 1.165) is 10.5 Å². The number of phenols is 1. The number of alkyl carbamates (subject to hydrolysis) is 1. The minimum atomic E-state index is -1.34. The number of nitrogens with one attached hydrogen (secondary N) is 2. The molecule has 0 aliphatic rings. The van der Waals surface area contributed by atoms with Crippen LogP contribution in [0.3, 0.4) is 0 Å². The Balaban J connectivity index is 2.46. The lowest BCUT2D eigenvalue weighted by Gasteiger charge is -2.30. The fourth-order valence-corrected chi connectivity index (χ4v) is 3.42. The molecule has 0 bridgehead atoms. The zero-order chi connectivity index (χ0) is 27.8. The quantitative estimate of drug-likeness (QED) is 0.302. The molecule has 0 radical (unpaired) electrons. The second-order valence-electron chi connectivity index (χ2n) is 9.34. The van der Waals surface area contributed by atoms with Gasteiger partial charge in [-0.25, -0.2) is 4.79 Å². The molecule has 0 aliphatic heterocycles. The number of aromatic hydroxyl groups is 1. The first-order valence-electron chi connectivity index (χ1n) is 11.5. The number of nitrogens with zero attached hydrogens (tertiary/aromatic N) is 1. The molecule has 5 N–H and O–H groups in total. The van der Waals surface area contributed by atoms with E-state index in [2.05, 4.69) is 16.7 Å². The van der Waals surface area contributed by atoms with Crippen LogP contribution in [0.5, 0.6) is 5.75 Å². The first kappa shape index (κ1) is 28.7. The first-order chi connectivity index (χ1) is 17.3. The van der Waals surface area contributed by atoms with E-state index in [1.54, 1.807) is 45.9 Å². The highest BCUT2D eigenvalue weighted by atomic mass is 16.6. The number of nitrogens with two attached hydrogens (primary N) is 1. The number of carbonyl (C=O) groups excluding carboxylic acids is 4. The molecule has 0 spiro atoms. The number of anilines is 1. The number of carbonyl (C=O) groups is 4. The zero-order valence-corrected chi connectivity index (χ0v) is 21.3. The summed E-state index contributed by atoms with van der Waals surface area (Å²) in [5, 5.41) is 14.9. The Morgan fingerprint density at radius 1 is 1.11 bits per heavy atom. The minimum absolute atomic E-state index is 0.0497. The summed E-state index contributed by atoms with van der Waals surface area (Å²) in [6.45, 7) is 6.76. The SMILES string of the molecule is C#CN(C(=O)C(CCC(N)=O)NC(=O)OC(C)(C)C)C(C(=O)Nc1ccccc1C)c1ccc(O)cc1. The third-order valence-electron chi connectivity index (χ3n) is 5.16. The van der Waals surface area contributed by atoms with Crippen molar-refractivity contribution in [2.75, 3.05) is 5.32 Å². The summed E-state index contributed by atoms with van der Waals surface area (Å²) in [4.78, 5) is 51.8. The van der Waals surface area contributed by atoms with Crippen molar-refractivity contribution in [1.82, 2.24) is 10.2 Å². The van der Waals surface area contributed by atoms with Crippen LogP contribution in [-0.4, -0.2) is 45.5 Å². The van der Waals surface area contributed by atoms with Gasteiger partial charge in [0.15, 0.2) is 0 Å². The van der Waals surface area contributed by atoms with Gasteiger partial charge < -0.3 is 26.2 Å². The van der Waals surface area contributed by atoms with Crippen LogP contribution in [0.25, 0.3) is 0 Å². The standard InChI is InChI=1S/C27H32N4O6/c1-6-31(25(35)21(15-16-22(28)33)30-26(36)37-27(3,4)5)23(18-11-13-19(32)14-12-18)24(34)29-20-10-8-7-9-17(20)2/h1,7-14,21,23,32H,15-16H2,2-5H3,(H2,28,33)(H,29,34)(H,30,36). The molecule has 4 amide bonds. The molecule has 10 nitrogen and oxygen atoms in total. The van der Waals surface area contributed by atoms with Crippen molar-refractivity contribution in [3.8, 4) is 18.2 Å². The Morgan fingerprint density at radius 2 is 1.73 bits per heavy atom. The number of terminal acetylenes is 1. The lowest BCUT2D eigenvalue weighted by atomic mass is 10.0. The molecule has 2 rings (SSSR count). The van der Waals surface area contributed by atoms with Crippen molar-refractivity contribution in [3.63, 3.8) is 0 Å². The molecule has 37 heavy (non-hydrogen) atoms. The van der Waals surface area contributed by atoms with Crippen LogP contribution >= 0.6 is 0 Å². The van der Waals surface area contributed by atoms with Gasteiger partial charge >= 0.3 is 6.09 Å². The number of para-hydroxylation sites is 1. The molecule has 0 saturated heterocycles. The molecule has 0 aliphatic carbocycles. The van der Waals surface area contributed by atoms with Crippen LogP contribution in [0.2, 0.25) is 0 Å². The number of amides is 4. The van der Waals surface area contributed by atoms with E-state index in [4.69, 9.17) is 16.9 Å². The summed E-state index contributed by atoms with van der Waals surface area (Å²) < 4.78 is 5.24. The summed E-state index contributed by atoms with van der Waals surface area (Å²) in [5.41, 5.74) is 6.01. The molecule has 2 aromatic rings. The van der Waals surface area contributed by atoms with Gasteiger partial charge in [-0.3, -0.25) is 19.3 Å². The number of aryl methyl sites for hydroxylation is 1. The number of ether oxygens (including phenoxy) is 1. The van der Waals surface area contributed by atoms with Crippen LogP contribution in [0.4, 0.5) is 10.5 Å². The van der Waals surface area contributed by atoms with Gasteiger partial charge in [0.25, 0.3) is 11.8 Å². The average Bonchev–Trinajstić information content (AvgIpc) is 2.80. The van der Waals surface area contributed by atoms with Crippen molar-refractivity contribution in [1.29, 1.82) is 0 Å². The van der Waals surface area contributed by atoms with E-state index in [-0.39, 0.29) is 18.6 Å². The second-order valence-corrected chi connectivity index (χ2v) is 9.34. The highest BCUT2D eigenvalue weighted by molar-refractivity contribution is 6.00. The predicted molar refractivity (Wildman–Crippen MR) is 138 cm³/mol. The van der Waals surface area contributed by atoms with Crippen LogP contribution < -0.4 is 16.4 Å². The van der Waals surface area contributed by atoms with E-state index < -0.39 is 41.5 Å². The maximum Gasteiger partial charge on any atom is 0.408 e. The molecular weight excluding hydrogens is 476 g/mol. The van der Waals surface area contributed by atoms with Gasteiger partial charge in [0, 0.05) is 18.2 Å². The Hall–Kier alpha value is -4.52. The summed E-state index contributed by atoms with van der Waals surface area (Å²) in [7, 11) is 0. The highest BCUT2D eigenvalue weighted by Crippen LogP contribution is 2.26. The van der Waals surface area contributed by atoms with E-state index >= 15 is 0 Å². The Kier molecular flexibility index (Phi) is 9.66.